The molecule has 2 aromatic rings. The minimum Gasteiger partial charge on any atom is -0.493 e. The van der Waals surface area contributed by atoms with E-state index in [1.807, 2.05) is 0 Å². The number of hydrogen-bond acceptors (Lipinski definition) is 4. The van der Waals surface area contributed by atoms with Gasteiger partial charge in [-0.2, -0.15) is 8.78 Å². The lowest BCUT2D eigenvalue weighted by Crippen LogP contribution is -2.23. The molecule has 0 bridgehead atoms. The van der Waals surface area contributed by atoms with E-state index in [0.29, 0.717) is 29.8 Å². The number of halogens is 2. The van der Waals surface area contributed by atoms with Crippen molar-refractivity contribution in [3.8, 4) is 11.5 Å². The Bertz CT molecular complexity index is 911. The maximum atomic E-state index is 12.7. The summed E-state index contributed by atoms with van der Waals surface area (Å²) in [5.41, 5.74) is 1.36. The van der Waals surface area contributed by atoms with Crippen LogP contribution in [0.3, 0.4) is 0 Å². The topological polar surface area (TPSA) is 55.8 Å². The first-order valence-electron chi connectivity index (χ1n) is 8.74. The quantitative estimate of drug-likeness (QED) is 0.525. The van der Waals surface area contributed by atoms with Crippen molar-refractivity contribution in [3.63, 3.8) is 0 Å². The molecular weight excluding hydrogens is 368 g/mol. The Kier molecular flexibility index (Phi) is 6.03. The molecule has 3 rings (SSSR count). The number of carbonyl (C=O) groups is 2. The fourth-order valence-corrected chi connectivity index (χ4v) is 3.05. The van der Waals surface area contributed by atoms with Crippen LogP contribution in [0.2, 0.25) is 0 Å². The Balaban J connectivity index is 1.84. The van der Waals surface area contributed by atoms with Crippen LogP contribution in [0.15, 0.2) is 48.5 Å². The fourth-order valence-electron chi connectivity index (χ4n) is 3.05. The van der Waals surface area contributed by atoms with Gasteiger partial charge in [-0.3, -0.25) is 9.59 Å². The van der Waals surface area contributed by atoms with Gasteiger partial charge in [0.1, 0.15) is 0 Å². The molecule has 0 N–H and O–H groups in total. The van der Waals surface area contributed by atoms with Gasteiger partial charge in [-0.25, -0.2) is 0 Å². The second-order valence-corrected chi connectivity index (χ2v) is 6.15. The Labute approximate surface area is 161 Å². The van der Waals surface area contributed by atoms with Crippen molar-refractivity contribution in [2.24, 2.45) is 0 Å². The van der Waals surface area contributed by atoms with Gasteiger partial charge in [-0.15, -0.1) is 0 Å². The number of para-hydroxylation sites is 1. The second kappa shape index (κ2) is 8.65. The lowest BCUT2D eigenvalue weighted by molar-refractivity contribution is -0.117. The molecule has 1 fully saturated rings. The van der Waals surface area contributed by atoms with Crippen LogP contribution in [0.4, 0.5) is 14.5 Å². The van der Waals surface area contributed by atoms with E-state index in [2.05, 4.69) is 4.74 Å². The van der Waals surface area contributed by atoms with Crippen molar-refractivity contribution < 1.29 is 27.8 Å². The SMILES string of the molecule is COc1cccc(/C=C/C(=O)c2cccc(N3CCCC3=O)c2)c1OC(F)F. The van der Waals surface area contributed by atoms with Gasteiger partial charge < -0.3 is 14.4 Å². The standard InChI is InChI=1S/C21H19F2NO4/c1-27-18-8-3-5-14(20(18)28-21(22)23)10-11-17(25)15-6-2-7-16(13-15)24-12-4-9-19(24)26/h2-3,5-8,10-11,13,21H,4,9,12H2,1H3/b11-10+. The molecule has 0 aromatic heterocycles. The number of amides is 1. The summed E-state index contributed by atoms with van der Waals surface area (Å²) in [6, 6.07) is 11.4. The first-order valence-corrected chi connectivity index (χ1v) is 8.74. The predicted molar refractivity (Wildman–Crippen MR) is 101 cm³/mol. The van der Waals surface area contributed by atoms with Crippen LogP contribution < -0.4 is 14.4 Å². The molecule has 5 nitrogen and oxygen atoms in total. The average Bonchev–Trinajstić information content (AvgIpc) is 3.12. The predicted octanol–water partition coefficient (Wildman–Crippen LogP) is 4.32. The molecule has 0 atom stereocenters. The van der Waals surface area contributed by atoms with Gasteiger partial charge in [0.25, 0.3) is 0 Å². The van der Waals surface area contributed by atoms with Gasteiger partial charge in [0.15, 0.2) is 17.3 Å². The van der Waals surface area contributed by atoms with E-state index >= 15 is 0 Å². The van der Waals surface area contributed by atoms with Crippen molar-refractivity contribution in [2.45, 2.75) is 19.5 Å². The summed E-state index contributed by atoms with van der Waals surface area (Å²) in [5, 5.41) is 0. The number of anilines is 1. The van der Waals surface area contributed by atoms with Crippen LogP contribution in [0.1, 0.15) is 28.8 Å². The largest absolute Gasteiger partial charge is 0.493 e. The molecule has 28 heavy (non-hydrogen) atoms. The summed E-state index contributed by atoms with van der Waals surface area (Å²) in [6.07, 6.45) is 3.97. The summed E-state index contributed by atoms with van der Waals surface area (Å²) < 4.78 is 35.0. The van der Waals surface area contributed by atoms with Crippen LogP contribution in [0, 0.1) is 0 Å². The van der Waals surface area contributed by atoms with Gasteiger partial charge in [-0.05, 0) is 36.8 Å². The molecule has 0 radical (unpaired) electrons. The normalized spacial score (nSPS) is 14.1. The lowest BCUT2D eigenvalue weighted by atomic mass is 10.1. The molecule has 1 heterocycles. The first kappa shape index (κ1) is 19.5. The summed E-state index contributed by atoms with van der Waals surface area (Å²) in [7, 11) is 1.34. The van der Waals surface area contributed by atoms with Crippen molar-refractivity contribution in [1.82, 2.24) is 0 Å². The van der Waals surface area contributed by atoms with Gasteiger partial charge in [0.2, 0.25) is 5.91 Å². The Morgan fingerprint density at radius 3 is 2.68 bits per heavy atom. The Morgan fingerprint density at radius 2 is 2.00 bits per heavy atom. The number of carbonyl (C=O) groups excluding carboxylic acids is 2. The molecular formula is C21H19F2NO4. The Morgan fingerprint density at radius 1 is 1.21 bits per heavy atom. The van der Waals surface area contributed by atoms with Crippen LogP contribution in [-0.2, 0) is 4.79 Å². The van der Waals surface area contributed by atoms with Gasteiger partial charge in [0.05, 0.1) is 7.11 Å². The summed E-state index contributed by atoms with van der Waals surface area (Å²) in [5.74, 6) is -0.283. The van der Waals surface area contributed by atoms with E-state index in [1.165, 1.54) is 25.3 Å². The molecule has 0 unspecified atom stereocenters. The highest BCUT2D eigenvalue weighted by Gasteiger charge is 2.22. The smallest absolute Gasteiger partial charge is 0.387 e. The van der Waals surface area contributed by atoms with Crippen LogP contribution >= 0.6 is 0 Å². The molecule has 0 saturated carbocycles. The minimum atomic E-state index is -3.02. The molecule has 146 valence electrons. The lowest BCUT2D eigenvalue weighted by Gasteiger charge is -2.16. The number of nitrogens with zero attached hydrogens (tertiary/aromatic N) is 1. The second-order valence-electron chi connectivity index (χ2n) is 6.15. The number of hydrogen-bond donors (Lipinski definition) is 0. The molecule has 1 aliphatic heterocycles. The maximum Gasteiger partial charge on any atom is 0.387 e. The molecule has 1 saturated heterocycles. The Hall–Kier alpha value is -3.22. The van der Waals surface area contributed by atoms with E-state index in [4.69, 9.17) is 4.74 Å². The monoisotopic (exact) mass is 387 g/mol. The fraction of sp³-hybridized carbons (Fsp3) is 0.238. The number of allylic oxidation sites excluding steroid dienone is 1. The van der Waals surface area contributed by atoms with Crippen molar-refractivity contribution in [3.05, 3.63) is 59.7 Å². The van der Waals surface area contributed by atoms with Gasteiger partial charge in [0, 0.05) is 29.8 Å². The number of alkyl halides is 2. The average molecular weight is 387 g/mol. The summed E-state index contributed by atoms with van der Waals surface area (Å²) in [6.45, 7) is -2.39. The highest BCUT2D eigenvalue weighted by molar-refractivity contribution is 6.08. The van der Waals surface area contributed by atoms with Crippen molar-refractivity contribution >= 4 is 23.5 Å². The first-order chi connectivity index (χ1) is 13.5. The summed E-state index contributed by atoms with van der Waals surface area (Å²) >= 11 is 0. The third-order valence-electron chi connectivity index (χ3n) is 4.37. The van der Waals surface area contributed by atoms with Crippen LogP contribution in [0.5, 0.6) is 11.5 Å². The zero-order valence-corrected chi connectivity index (χ0v) is 15.2. The van der Waals surface area contributed by atoms with E-state index in [0.717, 1.165) is 6.42 Å². The number of rotatable bonds is 7. The third kappa shape index (κ3) is 4.36. The summed E-state index contributed by atoms with van der Waals surface area (Å²) in [4.78, 5) is 26.1. The highest BCUT2D eigenvalue weighted by atomic mass is 19.3. The van der Waals surface area contributed by atoms with Gasteiger partial charge >= 0.3 is 6.61 Å². The number of ether oxygens (including phenoxy) is 2. The highest BCUT2D eigenvalue weighted by Crippen LogP contribution is 2.33. The molecule has 0 aliphatic carbocycles. The molecule has 7 heteroatoms. The van der Waals surface area contributed by atoms with E-state index in [-0.39, 0.29) is 23.2 Å². The third-order valence-corrected chi connectivity index (χ3v) is 4.37. The zero-order chi connectivity index (χ0) is 20.1. The molecule has 0 spiro atoms. The molecule has 1 aliphatic rings. The number of benzene rings is 2. The van der Waals surface area contributed by atoms with E-state index in [1.54, 1.807) is 41.3 Å². The number of ketones is 1. The molecule has 2 aromatic carbocycles. The van der Waals surface area contributed by atoms with E-state index in [9.17, 15) is 18.4 Å². The zero-order valence-electron chi connectivity index (χ0n) is 15.2. The number of methoxy groups -OCH3 is 1. The van der Waals surface area contributed by atoms with Crippen LogP contribution in [-0.4, -0.2) is 32.0 Å². The van der Waals surface area contributed by atoms with Gasteiger partial charge in [-0.1, -0.05) is 24.3 Å². The maximum absolute atomic E-state index is 12.7. The van der Waals surface area contributed by atoms with Crippen molar-refractivity contribution in [1.29, 1.82) is 0 Å². The minimum absolute atomic E-state index is 0.0327. The van der Waals surface area contributed by atoms with E-state index < -0.39 is 6.61 Å². The molecule has 1 amide bonds. The van der Waals surface area contributed by atoms with Crippen LogP contribution in [0.25, 0.3) is 6.08 Å². The van der Waals surface area contributed by atoms with Crippen molar-refractivity contribution in [2.75, 3.05) is 18.6 Å².